The van der Waals surface area contributed by atoms with Crippen molar-refractivity contribution in [1.82, 2.24) is 0 Å². The van der Waals surface area contributed by atoms with Gasteiger partial charge in [-0.3, -0.25) is 0 Å². The van der Waals surface area contributed by atoms with Gasteiger partial charge in [-0.25, -0.2) is 9.20 Å². The standard InChI is InChI=1S/C14H11ClN2OS2/c15-11-5-4-6-12(9-11)16-14-17-20(18,10-19-14)13-7-2-1-3-8-13/h1-9H,10H2. The Labute approximate surface area is 127 Å². The Hall–Kier alpha value is -1.30. The molecule has 6 heteroatoms. The molecule has 1 aliphatic rings. The lowest BCUT2D eigenvalue weighted by molar-refractivity contribution is 0.681. The van der Waals surface area contributed by atoms with Gasteiger partial charge in [-0.05, 0) is 30.3 Å². The molecule has 1 aliphatic heterocycles. The molecule has 0 N–H and O–H groups in total. The fraction of sp³-hybridized carbons (Fsp3) is 0.0714. The summed E-state index contributed by atoms with van der Waals surface area (Å²) < 4.78 is 17.1. The van der Waals surface area contributed by atoms with Crippen molar-refractivity contribution in [2.75, 3.05) is 5.08 Å². The predicted molar refractivity (Wildman–Crippen MR) is 86.3 cm³/mol. The van der Waals surface area contributed by atoms with Gasteiger partial charge in [0.05, 0.1) is 20.5 Å². The summed E-state index contributed by atoms with van der Waals surface area (Å²) in [6.45, 7) is 0. The van der Waals surface area contributed by atoms with Gasteiger partial charge in [-0.15, -0.1) is 0 Å². The van der Waals surface area contributed by atoms with E-state index in [1.54, 1.807) is 12.1 Å². The molecular formula is C14H11ClN2OS2. The second kappa shape index (κ2) is 5.60. The number of amidine groups is 1. The normalized spacial score (nSPS) is 23.8. The van der Waals surface area contributed by atoms with E-state index in [0.717, 1.165) is 10.6 Å². The summed E-state index contributed by atoms with van der Waals surface area (Å²) in [6.07, 6.45) is 0. The van der Waals surface area contributed by atoms with Gasteiger partial charge in [0.2, 0.25) is 0 Å². The van der Waals surface area contributed by atoms with Crippen LogP contribution in [0.15, 0.2) is 68.8 Å². The van der Waals surface area contributed by atoms with Crippen molar-refractivity contribution in [3.63, 3.8) is 0 Å². The molecule has 0 fully saturated rings. The molecule has 2 aromatic carbocycles. The highest BCUT2D eigenvalue weighted by Gasteiger charge is 2.22. The Bertz CT molecular complexity index is 781. The SMILES string of the molecule is O=S1(c2ccccc2)=NC(=Nc2cccc(Cl)c2)SC1. The first-order chi connectivity index (χ1) is 9.66. The van der Waals surface area contributed by atoms with E-state index >= 15 is 0 Å². The third-order valence-corrected chi connectivity index (χ3v) is 6.74. The molecule has 0 spiro atoms. The van der Waals surface area contributed by atoms with Crippen LogP contribution in [0.2, 0.25) is 5.02 Å². The molecule has 2 aromatic rings. The maximum Gasteiger partial charge on any atom is 0.198 e. The molecule has 0 radical (unpaired) electrons. The summed E-state index contributed by atoms with van der Waals surface area (Å²) in [6, 6.07) is 16.5. The molecule has 0 saturated carbocycles. The van der Waals surface area contributed by atoms with Crippen LogP contribution in [0.1, 0.15) is 0 Å². The van der Waals surface area contributed by atoms with Gasteiger partial charge < -0.3 is 0 Å². The summed E-state index contributed by atoms with van der Waals surface area (Å²) in [4.78, 5) is 5.14. The molecule has 102 valence electrons. The molecule has 20 heavy (non-hydrogen) atoms. The van der Waals surface area contributed by atoms with Crippen LogP contribution in [-0.2, 0) is 9.73 Å². The van der Waals surface area contributed by atoms with Gasteiger partial charge in [0.25, 0.3) is 0 Å². The van der Waals surface area contributed by atoms with Crippen LogP contribution < -0.4 is 0 Å². The Morgan fingerprint density at radius 2 is 1.95 bits per heavy atom. The van der Waals surface area contributed by atoms with Crippen molar-refractivity contribution in [3.8, 4) is 0 Å². The van der Waals surface area contributed by atoms with E-state index in [1.807, 2.05) is 42.5 Å². The van der Waals surface area contributed by atoms with E-state index < -0.39 is 9.73 Å². The third kappa shape index (κ3) is 2.90. The Balaban J connectivity index is 1.98. The number of aliphatic imine (C=N–C) groups is 1. The summed E-state index contributed by atoms with van der Waals surface area (Å²) in [7, 11) is -2.39. The number of thioether (sulfide) groups is 1. The van der Waals surface area contributed by atoms with E-state index in [2.05, 4.69) is 9.36 Å². The molecule has 1 heterocycles. The average molecular weight is 323 g/mol. The van der Waals surface area contributed by atoms with E-state index in [1.165, 1.54) is 11.8 Å². The molecule has 0 amide bonds. The number of halogens is 1. The van der Waals surface area contributed by atoms with E-state index in [0.29, 0.717) is 15.3 Å². The van der Waals surface area contributed by atoms with Gasteiger partial charge in [0.1, 0.15) is 0 Å². The van der Waals surface area contributed by atoms with Gasteiger partial charge in [-0.1, -0.05) is 47.6 Å². The van der Waals surface area contributed by atoms with E-state index in [-0.39, 0.29) is 0 Å². The molecule has 3 nitrogen and oxygen atoms in total. The second-order valence-electron chi connectivity index (χ2n) is 4.18. The van der Waals surface area contributed by atoms with Crippen LogP contribution in [0.5, 0.6) is 0 Å². The van der Waals surface area contributed by atoms with Crippen LogP contribution in [0.3, 0.4) is 0 Å². The Morgan fingerprint density at radius 1 is 1.15 bits per heavy atom. The van der Waals surface area contributed by atoms with Gasteiger partial charge in [0.15, 0.2) is 5.17 Å². The van der Waals surface area contributed by atoms with Crippen LogP contribution in [-0.4, -0.2) is 14.5 Å². The maximum atomic E-state index is 12.8. The zero-order valence-corrected chi connectivity index (χ0v) is 12.8. The maximum absolute atomic E-state index is 12.8. The Kier molecular flexibility index (Phi) is 3.83. The molecule has 1 unspecified atom stereocenters. The molecule has 1 atom stereocenters. The minimum absolute atomic E-state index is 0.441. The lowest BCUT2D eigenvalue weighted by Gasteiger charge is -2.00. The highest BCUT2D eigenvalue weighted by Crippen LogP contribution is 2.30. The first kappa shape index (κ1) is 13.7. The minimum atomic E-state index is -2.39. The average Bonchev–Trinajstić information content (AvgIpc) is 2.83. The van der Waals surface area contributed by atoms with Gasteiger partial charge >= 0.3 is 0 Å². The minimum Gasteiger partial charge on any atom is -0.243 e. The third-order valence-electron chi connectivity index (χ3n) is 2.72. The number of rotatable bonds is 2. The summed E-state index contributed by atoms with van der Waals surface area (Å²) in [5, 5.41) is 1.61. The van der Waals surface area contributed by atoms with E-state index in [4.69, 9.17) is 11.6 Å². The quantitative estimate of drug-likeness (QED) is 0.813. The summed E-state index contributed by atoms with van der Waals surface area (Å²) in [5.74, 6) is 0. The monoisotopic (exact) mass is 322 g/mol. The molecular weight excluding hydrogens is 312 g/mol. The first-order valence-electron chi connectivity index (χ1n) is 5.93. The molecule has 0 saturated heterocycles. The molecule has 0 bridgehead atoms. The number of benzene rings is 2. The van der Waals surface area contributed by atoms with Gasteiger partial charge in [-0.2, -0.15) is 4.36 Å². The van der Waals surface area contributed by atoms with Crippen molar-refractivity contribution in [1.29, 1.82) is 0 Å². The van der Waals surface area contributed by atoms with Crippen molar-refractivity contribution in [2.45, 2.75) is 4.90 Å². The van der Waals surface area contributed by atoms with Crippen LogP contribution >= 0.6 is 23.4 Å². The lowest BCUT2D eigenvalue weighted by Crippen LogP contribution is -1.98. The fourth-order valence-corrected chi connectivity index (χ4v) is 5.50. The van der Waals surface area contributed by atoms with Crippen molar-refractivity contribution in [3.05, 3.63) is 59.6 Å². The number of hydrogen-bond donors (Lipinski definition) is 0. The van der Waals surface area contributed by atoms with Crippen molar-refractivity contribution < 1.29 is 4.21 Å². The van der Waals surface area contributed by atoms with E-state index in [9.17, 15) is 4.21 Å². The van der Waals surface area contributed by atoms with Gasteiger partial charge in [0, 0.05) is 9.92 Å². The largest absolute Gasteiger partial charge is 0.243 e. The molecule has 0 aromatic heterocycles. The fourth-order valence-electron chi connectivity index (χ4n) is 1.77. The molecule has 0 aliphatic carbocycles. The highest BCUT2D eigenvalue weighted by molar-refractivity contribution is 8.25. The van der Waals surface area contributed by atoms with Crippen LogP contribution in [0.4, 0.5) is 5.69 Å². The zero-order chi connectivity index (χ0) is 14.0. The molecule has 3 rings (SSSR count). The number of hydrogen-bond acceptors (Lipinski definition) is 3. The number of nitrogens with zero attached hydrogens (tertiary/aromatic N) is 2. The summed E-state index contributed by atoms with van der Waals surface area (Å²) >= 11 is 7.33. The smallest absolute Gasteiger partial charge is 0.198 e. The summed E-state index contributed by atoms with van der Waals surface area (Å²) in [5.41, 5.74) is 0.723. The lowest BCUT2D eigenvalue weighted by atomic mass is 10.3. The predicted octanol–water partition coefficient (Wildman–Crippen LogP) is 4.56. The zero-order valence-electron chi connectivity index (χ0n) is 10.4. The van der Waals surface area contributed by atoms with Crippen LogP contribution in [0, 0.1) is 0 Å². The topological polar surface area (TPSA) is 41.8 Å². The second-order valence-corrected chi connectivity index (χ2v) is 8.15. The van der Waals surface area contributed by atoms with Crippen molar-refractivity contribution in [2.24, 2.45) is 9.36 Å². The van der Waals surface area contributed by atoms with Crippen LogP contribution in [0.25, 0.3) is 0 Å². The first-order valence-corrected chi connectivity index (χ1v) is 8.97. The van der Waals surface area contributed by atoms with Crippen molar-refractivity contribution >= 4 is 43.9 Å². The Morgan fingerprint density at radius 3 is 2.70 bits per heavy atom. The highest BCUT2D eigenvalue weighted by atomic mass is 35.5.